The summed E-state index contributed by atoms with van der Waals surface area (Å²) in [5.41, 5.74) is 2.15. The van der Waals surface area contributed by atoms with Gasteiger partial charge in [0.15, 0.2) is 5.78 Å². The van der Waals surface area contributed by atoms with Crippen LogP contribution in [0, 0.1) is 0 Å². The molecule has 1 aliphatic heterocycles. The summed E-state index contributed by atoms with van der Waals surface area (Å²) in [6.45, 7) is -0.0677. The Morgan fingerprint density at radius 3 is 2.44 bits per heavy atom. The maximum absolute atomic E-state index is 13.1. The van der Waals surface area contributed by atoms with Crippen molar-refractivity contribution >= 4 is 17.7 Å². The van der Waals surface area contributed by atoms with E-state index in [9.17, 15) is 14.4 Å². The molecule has 1 saturated heterocycles. The van der Waals surface area contributed by atoms with Crippen molar-refractivity contribution < 1.29 is 19.1 Å². The number of piperidine rings is 1. The van der Waals surface area contributed by atoms with E-state index in [1.807, 2.05) is 42.5 Å². The molecule has 3 rings (SSSR count). The number of amides is 1. The quantitative estimate of drug-likeness (QED) is 0.808. The molecule has 2 aromatic carbocycles. The van der Waals surface area contributed by atoms with Gasteiger partial charge in [-0.1, -0.05) is 48.5 Å². The van der Waals surface area contributed by atoms with Crippen LogP contribution in [0.2, 0.25) is 0 Å². The maximum atomic E-state index is 13.1. The number of carbonyl (C=O) groups excluding carboxylic acids is 3. The molecule has 1 fully saturated rings. The van der Waals surface area contributed by atoms with Crippen LogP contribution >= 0.6 is 0 Å². The Bertz CT molecular complexity index is 800. The summed E-state index contributed by atoms with van der Waals surface area (Å²) >= 11 is 0. The molecule has 1 amide bonds. The lowest BCUT2D eigenvalue weighted by atomic mass is 9.96. The van der Waals surface area contributed by atoms with E-state index in [0.29, 0.717) is 12.0 Å². The summed E-state index contributed by atoms with van der Waals surface area (Å²) in [5, 5.41) is 0. The summed E-state index contributed by atoms with van der Waals surface area (Å²) in [6, 6.07) is 16.0. The predicted octanol–water partition coefficient (Wildman–Crippen LogP) is 2.70. The fourth-order valence-electron chi connectivity index (χ4n) is 3.12. The molecule has 25 heavy (non-hydrogen) atoms. The monoisotopic (exact) mass is 337 g/mol. The third-order valence-electron chi connectivity index (χ3n) is 4.40. The number of Topliss-reactive ketones (excluding diaryl/α,β-unsaturated/α-hetero) is 1. The highest BCUT2D eigenvalue weighted by Gasteiger charge is 2.37. The average Bonchev–Trinajstić information content (AvgIpc) is 2.67. The molecule has 0 saturated carbocycles. The molecule has 1 aliphatic rings. The van der Waals surface area contributed by atoms with Gasteiger partial charge in [-0.25, -0.2) is 4.79 Å². The summed E-state index contributed by atoms with van der Waals surface area (Å²) in [4.78, 5) is 38.4. The van der Waals surface area contributed by atoms with Gasteiger partial charge in [-0.15, -0.1) is 0 Å². The fraction of sp³-hybridized carbons (Fsp3) is 0.250. The zero-order chi connectivity index (χ0) is 17.8. The van der Waals surface area contributed by atoms with E-state index in [-0.39, 0.29) is 24.7 Å². The van der Waals surface area contributed by atoms with E-state index in [2.05, 4.69) is 0 Å². The van der Waals surface area contributed by atoms with Crippen molar-refractivity contribution in [2.45, 2.75) is 18.9 Å². The Morgan fingerprint density at radius 2 is 1.72 bits per heavy atom. The number of hydrogen-bond acceptors (Lipinski definition) is 4. The molecule has 0 aromatic heterocycles. The predicted molar refractivity (Wildman–Crippen MR) is 93.0 cm³/mol. The Morgan fingerprint density at radius 1 is 1.04 bits per heavy atom. The molecule has 1 atom stereocenters. The molecule has 0 spiro atoms. The van der Waals surface area contributed by atoms with Crippen LogP contribution in [0.5, 0.6) is 0 Å². The molecule has 0 aliphatic carbocycles. The van der Waals surface area contributed by atoms with Crippen LogP contribution in [0.25, 0.3) is 11.1 Å². The Balaban J connectivity index is 1.99. The van der Waals surface area contributed by atoms with Gasteiger partial charge in [-0.05, 0) is 23.6 Å². The molecule has 1 heterocycles. The van der Waals surface area contributed by atoms with Crippen molar-refractivity contribution in [3.05, 3.63) is 60.2 Å². The third kappa shape index (κ3) is 3.45. The highest BCUT2D eigenvalue weighted by atomic mass is 16.5. The lowest BCUT2D eigenvalue weighted by Gasteiger charge is -2.33. The molecule has 5 heteroatoms. The zero-order valence-corrected chi connectivity index (χ0v) is 14.0. The van der Waals surface area contributed by atoms with Crippen LogP contribution < -0.4 is 0 Å². The normalized spacial score (nSPS) is 17.2. The lowest BCUT2D eigenvalue weighted by Crippen LogP contribution is -2.51. The van der Waals surface area contributed by atoms with Crippen molar-refractivity contribution in [3.63, 3.8) is 0 Å². The first-order valence-electron chi connectivity index (χ1n) is 8.16. The van der Waals surface area contributed by atoms with E-state index < -0.39 is 12.0 Å². The Kier molecular flexibility index (Phi) is 4.93. The molecule has 0 radical (unpaired) electrons. The minimum atomic E-state index is -0.723. The summed E-state index contributed by atoms with van der Waals surface area (Å²) < 4.78 is 4.81. The van der Waals surface area contributed by atoms with Crippen LogP contribution in [0.15, 0.2) is 54.6 Å². The van der Waals surface area contributed by atoms with Crippen LogP contribution in [-0.4, -0.2) is 42.3 Å². The summed E-state index contributed by atoms with van der Waals surface area (Å²) in [6.07, 6.45) is 0.578. The lowest BCUT2D eigenvalue weighted by molar-refractivity contribution is -0.148. The highest BCUT2D eigenvalue weighted by Crippen LogP contribution is 2.27. The number of likely N-dealkylation sites (tertiary alicyclic amines) is 1. The molecule has 128 valence electrons. The number of hydrogen-bond donors (Lipinski definition) is 0. The van der Waals surface area contributed by atoms with Gasteiger partial charge in [0.2, 0.25) is 0 Å². The van der Waals surface area contributed by atoms with Crippen molar-refractivity contribution in [1.82, 2.24) is 4.90 Å². The standard InChI is InChI=1S/C20H19NO4/c1-25-20(24)18-12-11-15(22)13-21(18)19(23)17-10-6-5-9-16(17)14-7-3-2-4-8-14/h2-10,18H,11-13H2,1H3. The molecule has 1 unspecified atom stereocenters. The number of carbonyl (C=O) groups is 3. The van der Waals surface area contributed by atoms with Crippen LogP contribution in [0.3, 0.4) is 0 Å². The van der Waals surface area contributed by atoms with Crippen LogP contribution in [0.1, 0.15) is 23.2 Å². The number of methoxy groups -OCH3 is 1. The summed E-state index contributed by atoms with van der Waals surface area (Å²) in [5.74, 6) is -0.869. The molecular formula is C20H19NO4. The van der Waals surface area contributed by atoms with Gasteiger partial charge < -0.3 is 9.64 Å². The van der Waals surface area contributed by atoms with E-state index in [1.54, 1.807) is 12.1 Å². The van der Waals surface area contributed by atoms with Gasteiger partial charge in [-0.2, -0.15) is 0 Å². The molecule has 2 aromatic rings. The van der Waals surface area contributed by atoms with Gasteiger partial charge in [0.05, 0.1) is 13.7 Å². The second-order valence-electron chi connectivity index (χ2n) is 5.96. The van der Waals surface area contributed by atoms with E-state index in [0.717, 1.165) is 11.1 Å². The smallest absolute Gasteiger partial charge is 0.328 e. The van der Waals surface area contributed by atoms with Crippen LogP contribution in [-0.2, 0) is 14.3 Å². The number of rotatable bonds is 3. The average molecular weight is 337 g/mol. The minimum Gasteiger partial charge on any atom is -0.467 e. The molecule has 5 nitrogen and oxygen atoms in total. The topological polar surface area (TPSA) is 63.7 Å². The number of ether oxygens (including phenoxy) is 1. The largest absolute Gasteiger partial charge is 0.467 e. The van der Waals surface area contributed by atoms with E-state index in [4.69, 9.17) is 4.74 Å². The SMILES string of the molecule is COC(=O)C1CCC(=O)CN1C(=O)c1ccccc1-c1ccccc1. The highest BCUT2D eigenvalue weighted by molar-refractivity contribution is 6.04. The first-order chi connectivity index (χ1) is 12.1. The van der Waals surface area contributed by atoms with Crippen molar-refractivity contribution in [2.75, 3.05) is 13.7 Å². The molecule has 0 bridgehead atoms. The summed E-state index contributed by atoms with van der Waals surface area (Å²) in [7, 11) is 1.29. The van der Waals surface area contributed by atoms with Crippen molar-refractivity contribution in [1.29, 1.82) is 0 Å². The van der Waals surface area contributed by atoms with Gasteiger partial charge in [0, 0.05) is 12.0 Å². The van der Waals surface area contributed by atoms with Crippen molar-refractivity contribution in [2.24, 2.45) is 0 Å². The number of esters is 1. The van der Waals surface area contributed by atoms with E-state index >= 15 is 0 Å². The number of benzene rings is 2. The minimum absolute atomic E-state index is 0.0503. The van der Waals surface area contributed by atoms with E-state index in [1.165, 1.54) is 12.0 Å². The molecule has 0 N–H and O–H groups in total. The third-order valence-corrected chi connectivity index (χ3v) is 4.40. The van der Waals surface area contributed by atoms with Gasteiger partial charge >= 0.3 is 5.97 Å². The molecular weight excluding hydrogens is 318 g/mol. The maximum Gasteiger partial charge on any atom is 0.328 e. The fourth-order valence-corrected chi connectivity index (χ4v) is 3.12. The first-order valence-corrected chi connectivity index (χ1v) is 8.16. The van der Waals surface area contributed by atoms with Gasteiger partial charge in [-0.3, -0.25) is 9.59 Å². The second-order valence-corrected chi connectivity index (χ2v) is 5.96. The van der Waals surface area contributed by atoms with Crippen molar-refractivity contribution in [3.8, 4) is 11.1 Å². The van der Waals surface area contributed by atoms with Crippen LogP contribution in [0.4, 0.5) is 0 Å². The first kappa shape index (κ1) is 16.9. The number of ketones is 1. The second kappa shape index (κ2) is 7.30. The number of nitrogens with zero attached hydrogens (tertiary/aromatic N) is 1. The Labute approximate surface area is 146 Å². The van der Waals surface area contributed by atoms with Gasteiger partial charge in [0.25, 0.3) is 5.91 Å². The zero-order valence-electron chi connectivity index (χ0n) is 14.0. The van der Waals surface area contributed by atoms with Gasteiger partial charge in [0.1, 0.15) is 6.04 Å². The Hall–Kier alpha value is -2.95.